The van der Waals surface area contributed by atoms with Gasteiger partial charge in [-0.15, -0.1) is 11.3 Å². The molecule has 1 saturated carbocycles. The van der Waals surface area contributed by atoms with E-state index in [-0.39, 0.29) is 0 Å². The Morgan fingerprint density at radius 2 is 2.41 bits per heavy atom. The molecular formula is C13H22N2S2. The maximum absolute atomic E-state index is 4.50. The Kier molecular flexibility index (Phi) is 5.32. The number of hydrogen-bond donors (Lipinski definition) is 1. The number of aromatic nitrogens is 1. The number of thioether (sulfide) groups is 1. The minimum Gasteiger partial charge on any atom is -0.312 e. The highest BCUT2D eigenvalue weighted by molar-refractivity contribution is 7.99. The van der Waals surface area contributed by atoms with Gasteiger partial charge in [-0.1, -0.05) is 13.3 Å². The van der Waals surface area contributed by atoms with Crippen molar-refractivity contribution in [2.24, 2.45) is 0 Å². The van der Waals surface area contributed by atoms with E-state index in [0.717, 1.165) is 24.3 Å². The summed E-state index contributed by atoms with van der Waals surface area (Å²) in [6.07, 6.45) is 5.22. The Morgan fingerprint density at radius 1 is 1.53 bits per heavy atom. The van der Waals surface area contributed by atoms with Crippen LogP contribution in [0.1, 0.15) is 36.9 Å². The third kappa shape index (κ3) is 3.97. The van der Waals surface area contributed by atoms with Crippen molar-refractivity contribution >= 4 is 23.1 Å². The largest absolute Gasteiger partial charge is 0.312 e. The fourth-order valence-corrected chi connectivity index (χ4v) is 4.36. The summed E-state index contributed by atoms with van der Waals surface area (Å²) in [4.78, 5) is 4.50. The van der Waals surface area contributed by atoms with Gasteiger partial charge >= 0.3 is 0 Å². The highest BCUT2D eigenvalue weighted by Gasteiger charge is 2.26. The third-order valence-electron chi connectivity index (χ3n) is 3.29. The molecule has 0 aliphatic heterocycles. The number of hydrogen-bond acceptors (Lipinski definition) is 4. The molecule has 0 unspecified atom stereocenters. The zero-order valence-corrected chi connectivity index (χ0v) is 12.4. The smallest absolute Gasteiger partial charge is 0.0897 e. The second-order valence-corrected chi connectivity index (χ2v) is 7.17. The van der Waals surface area contributed by atoms with Crippen LogP contribution in [0.2, 0.25) is 0 Å². The lowest BCUT2D eigenvalue weighted by atomic mass is 10.2. The summed E-state index contributed by atoms with van der Waals surface area (Å²) in [7, 11) is 0. The molecule has 1 aliphatic carbocycles. The van der Waals surface area contributed by atoms with E-state index in [9.17, 15) is 0 Å². The second-order valence-electron chi connectivity index (χ2n) is 4.59. The van der Waals surface area contributed by atoms with E-state index in [1.54, 1.807) is 11.3 Å². The van der Waals surface area contributed by atoms with Gasteiger partial charge < -0.3 is 5.32 Å². The van der Waals surface area contributed by atoms with Gasteiger partial charge in [-0.25, -0.2) is 4.98 Å². The Morgan fingerprint density at radius 3 is 3.12 bits per heavy atom. The van der Waals surface area contributed by atoms with Crippen LogP contribution in [0.15, 0.2) is 5.38 Å². The summed E-state index contributed by atoms with van der Waals surface area (Å²) in [5, 5.41) is 7.93. The van der Waals surface area contributed by atoms with Crippen LogP contribution in [0, 0.1) is 6.92 Å². The molecule has 1 aromatic rings. The highest BCUT2D eigenvalue weighted by Crippen LogP contribution is 2.29. The van der Waals surface area contributed by atoms with Crippen molar-refractivity contribution in [1.29, 1.82) is 0 Å². The first-order valence-corrected chi connectivity index (χ1v) is 8.48. The molecule has 4 heteroatoms. The van der Waals surface area contributed by atoms with Crippen LogP contribution in [0.25, 0.3) is 0 Å². The second kappa shape index (κ2) is 6.76. The van der Waals surface area contributed by atoms with Gasteiger partial charge in [-0.3, -0.25) is 0 Å². The molecule has 2 rings (SSSR count). The van der Waals surface area contributed by atoms with Gasteiger partial charge in [0, 0.05) is 29.6 Å². The van der Waals surface area contributed by atoms with E-state index < -0.39 is 0 Å². The lowest BCUT2D eigenvalue weighted by Gasteiger charge is -2.19. The van der Waals surface area contributed by atoms with E-state index in [0.29, 0.717) is 0 Å². The molecule has 0 spiro atoms. The first-order valence-electron chi connectivity index (χ1n) is 6.55. The molecule has 1 aliphatic rings. The maximum Gasteiger partial charge on any atom is 0.0897 e. The van der Waals surface area contributed by atoms with Crippen LogP contribution < -0.4 is 5.32 Å². The summed E-state index contributed by atoms with van der Waals surface area (Å²) in [5.74, 6) is 1.24. The Bertz CT molecular complexity index is 338. The SMILES string of the molecule is CCS[C@H]1CCC[C@H]1NCCc1csc(C)n1. The van der Waals surface area contributed by atoms with Crippen molar-refractivity contribution < 1.29 is 0 Å². The molecule has 1 aromatic heterocycles. The van der Waals surface area contributed by atoms with E-state index >= 15 is 0 Å². The van der Waals surface area contributed by atoms with Gasteiger partial charge in [-0.2, -0.15) is 11.8 Å². The molecule has 0 radical (unpaired) electrons. The fraction of sp³-hybridized carbons (Fsp3) is 0.769. The minimum absolute atomic E-state index is 0.736. The minimum atomic E-state index is 0.736. The molecule has 1 fully saturated rings. The summed E-state index contributed by atoms with van der Waals surface area (Å²) in [6.45, 7) is 5.42. The summed E-state index contributed by atoms with van der Waals surface area (Å²) >= 11 is 3.87. The number of aryl methyl sites for hydroxylation is 1. The van der Waals surface area contributed by atoms with Gasteiger partial charge in [0.15, 0.2) is 0 Å². The van der Waals surface area contributed by atoms with Gasteiger partial charge in [0.1, 0.15) is 0 Å². The zero-order chi connectivity index (χ0) is 12.1. The van der Waals surface area contributed by atoms with Crippen LogP contribution in [0.5, 0.6) is 0 Å². The number of rotatable bonds is 6. The van der Waals surface area contributed by atoms with Crippen molar-refractivity contribution in [2.75, 3.05) is 12.3 Å². The molecule has 0 aromatic carbocycles. The Hall–Kier alpha value is -0.0600. The first-order chi connectivity index (χ1) is 8.29. The van der Waals surface area contributed by atoms with Crippen molar-refractivity contribution in [3.05, 3.63) is 16.1 Å². The van der Waals surface area contributed by atoms with Crippen LogP contribution >= 0.6 is 23.1 Å². The molecule has 2 atom stereocenters. The normalized spacial score (nSPS) is 24.4. The third-order valence-corrected chi connectivity index (χ3v) is 5.44. The predicted molar refractivity (Wildman–Crippen MR) is 78.1 cm³/mol. The van der Waals surface area contributed by atoms with Gasteiger partial charge in [0.2, 0.25) is 0 Å². The average molecular weight is 270 g/mol. The van der Waals surface area contributed by atoms with Crippen LogP contribution in [-0.4, -0.2) is 28.6 Å². The van der Waals surface area contributed by atoms with E-state index in [4.69, 9.17) is 0 Å². The molecule has 2 nitrogen and oxygen atoms in total. The number of nitrogens with one attached hydrogen (secondary N) is 1. The number of thiazole rings is 1. The summed E-state index contributed by atoms with van der Waals surface area (Å²) < 4.78 is 0. The molecule has 0 saturated heterocycles. The van der Waals surface area contributed by atoms with Crippen molar-refractivity contribution in [3.63, 3.8) is 0 Å². The standard InChI is InChI=1S/C13H22N2S2/c1-3-16-13-6-4-5-12(13)14-8-7-11-9-17-10(2)15-11/h9,12-14H,3-8H2,1-2H3/t12-,13+/m1/s1. The molecule has 1 heterocycles. The predicted octanol–water partition coefficient (Wildman–Crippen LogP) is 3.26. The van der Waals surface area contributed by atoms with E-state index in [1.807, 2.05) is 0 Å². The van der Waals surface area contributed by atoms with Gasteiger partial charge in [0.25, 0.3) is 0 Å². The van der Waals surface area contributed by atoms with Crippen molar-refractivity contribution in [1.82, 2.24) is 10.3 Å². The van der Waals surface area contributed by atoms with Crippen LogP contribution in [-0.2, 0) is 6.42 Å². The van der Waals surface area contributed by atoms with Crippen molar-refractivity contribution in [2.45, 2.75) is 50.8 Å². The quantitative estimate of drug-likeness (QED) is 0.859. The lowest BCUT2D eigenvalue weighted by Crippen LogP contribution is -2.35. The number of nitrogens with zero attached hydrogens (tertiary/aromatic N) is 1. The molecule has 96 valence electrons. The zero-order valence-electron chi connectivity index (χ0n) is 10.7. The molecule has 0 amide bonds. The molecule has 1 N–H and O–H groups in total. The topological polar surface area (TPSA) is 24.9 Å². The Labute approximate surface area is 113 Å². The fourth-order valence-electron chi connectivity index (χ4n) is 2.48. The van der Waals surface area contributed by atoms with E-state index in [1.165, 1.54) is 35.7 Å². The molecule has 0 bridgehead atoms. The first kappa shape index (κ1) is 13.4. The Balaban J connectivity index is 1.70. The van der Waals surface area contributed by atoms with Gasteiger partial charge in [-0.05, 0) is 25.5 Å². The lowest BCUT2D eigenvalue weighted by molar-refractivity contribution is 0.534. The molecular weight excluding hydrogens is 248 g/mol. The van der Waals surface area contributed by atoms with E-state index in [2.05, 4.69) is 41.3 Å². The molecule has 17 heavy (non-hydrogen) atoms. The van der Waals surface area contributed by atoms with Crippen molar-refractivity contribution in [3.8, 4) is 0 Å². The summed E-state index contributed by atoms with van der Waals surface area (Å²) in [6, 6.07) is 0.736. The monoisotopic (exact) mass is 270 g/mol. The average Bonchev–Trinajstić information content (AvgIpc) is 2.90. The van der Waals surface area contributed by atoms with Gasteiger partial charge in [0.05, 0.1) is 10.7 Å². The summed E-state index contributed by atoms with van der Waals surface area (Å²) in [5.41, 5.74) is 1.25. The van der Waals surface area contributed by atoms with Crippen LogP contribution in [0.3, 0.4) is 0 Å². The maximum atomic E-state index is 4.50. The highest BCUT2D eigenvalue weighted by atomic mass is 32.2. The van der Waals surface area contributed by atoms with Crippen LogP contribution in [0.4, 0.5) is 0 Å².